The summed E-state index contributed by atoms with van der Waals surface area (Å²) in [6, 6.07) is 10.6. The molecule has 0 N–H and O–H groups in total. The second-order valence-corrected chi connectivity index (χ2v) is 6.96. The largest absolute Gasteiger partial charge is 0.497 e. The van der Waals surface area contributed by atoms with E-state index in [0.29, 0.717) is 17.1 Å². The zero-order valence-electron chi connectivity index (χ0n) is 17.1. The van der Waals surface area contributed by atoms with Gasteiger partial charge in [-0.3, -0.25) is 4.79 Å². The van der Waals surface area contributed by atoms with Gasteiger partial charge in [0.25, 0.3) is 0 Å². The molecule has 0 amide bonds. The SMILES string of the molecule is COC(=O)C(C)Oc1ccc2c(c1)O/C(=C\c1cn(C)c3ccc(OC)cc13)C2=O. The number of nitrogens with zero attached hydrogens (tertiary/aromatic N) is 1. The molecule has 4 rings (SSSR count). The van der Waals surface area contributed by atoms with E-state index in [1.807, 2.05) is 36.0 Å². The fourth-order valence-corrected chi connectivity index (χ4v) is 3.44. The lowest BCUT2D eigenvalue weighted by Crippen LogP contribution is -2.24. The van der Waals surface area contributed by atoms with Crippen LogP contribution in [0.4, 0.5) is 0 Å². The second-order valence-electron chi connectivity index (χ2n) is 6.96. The van der Waals surface area contributed by atoms with Crippen molar-refractivity contribution in [2.75, 3.05) is 14.2 Å². The Morgan fingerprint density at radius 3 is 2.63 bits per heavy atom. The molecule has 0 saturated carbocycles. The molecule has 1 aliphatic heterocycles. The Labute approximate surface area is 173 Å². The highest BCUT2D eigenvalue weighted by Gasteiger charge is 2.28. The van der Waals surface area contributed by atoms with E-state index in [1.165, 1.54) is 7.11 Å². The van der Waals surface area contributed by atoms with Gasteiger partial charge in [0.05, 0.1) is 19.8 Å². The maximum Gasteiger partial charge on any atom is 0.346 e. The fourth-order valence-electron chi connectivity index (χ4n) is 3.44. The standard InChI is InChI=1S/C23H21NO6/c1-13(23(26)28-4)29-16-5-7-17-20(11-16)30-21(22(17)25)9-14-12-24(2)19-8-6-15(27-3)10-18(14)19/h5-13H,1-4H3/b21-9-. The number of Topliss-reactive ketones (excluding diaryl/α,β-unsaturated/α-hetero) is 1. The molecular formula is C23H21NO6. The van der Waals surface area contributed by atoms with Crippen molar-refractivity contribution in [2.24, 2.45) is 7.05 Å². The normalized spacial score (nSPS) is 15.1. The van der Waals surface area contributed by atoms with Gasteiger partial charge < -0.3 is 23.5 Å². The summed E-state index contributed by atoms with van der Waals surface area (Å²) < 4.78 is 23.4. The topological polar surface area (TPSA) is 76.0 Å². The fraction of sp³-hybridized carbons (Fsp3) is 0.217. The minimum absolute atomic E-state index is 0.211. The van der Waals surface area contributed by atoms with E-state index in [4.69, 9.17) is 14.2 Å². The zero-order chi connectivity index (χ0) is 21.4. The van der Waals surface area contributed by atoms with E-state index in [0.717, 1.165) is 22.2 Å². The van der Waals surface area contributed by atoms with Gasteiger partial charge in [-0.2, -0.15) is 0 Å². The van der Waals surface area contributed by atoms with E-state index >= 15 is 0 Å². The average Bonchev–Trinajstić information content (AvgIpc) is 3.23. The molecule has 0 fully saturated rings. The maximum absolute atomic E-state index is 12.8. The van der Waals surface area contributed by atoms with Crippen LogP contribution in [-0.2, 0) is 16.6 Å². The number of aromatic nitrogens is 1. The first-order chi connectivity index (χ1) is 14.4. The van der Waals surface area contributed by atoms with E-state index < -0.39 is 12.1 Å². The van der Waals surface area contributed by atoms with Crippen LogP contribution >= 0.6 is 0 Å². The zero-order valence-corrected chi connectivity index (χ0v) is 17.1. The predicted molar refractivity (Wildman–Crippen MR) is 111 cm³/mol. The summed E-state index contributed by atoms with van der Waals surface area (Å²) in [6.07, 6.45) is 2.89. The number of hydrogen-bond acceptors (Lipinski definition) is 6. The van der Waals surface area contributed by atoms with Gasteiger partial charge >= 0.3 is 5.97 Å². The molecule has 154 valence electrons. The molecule has 0 spiro atoms. The predicted octanol–water partition coefficient (Wildman–Crippen LogP) is 3.74. The Morgan fingerprint density at radius 2 is 1.90 bits per heavy atom. The third-order valence-corrected chi connectivity index (χ3v) is 5.00. The van der Waals surface area contributed by atoms with Crippen molar-refractivity contribution in [3.05, 3.63) is 59.5 Å². The summed E-state index contributed by atoms with van der Waals surface area (Å²) in [5.41, 5.74) is 2.30. The summed E-state index contributed by atoms with van der Waals surface area (Å²) in [5, 5.41) is 0.952. The Balaban J connectivity index is 1.65. The van der Waals surface area contributed by atoms with Gasteiger partial charge in [0.2, 0.25) is 5.78 Å². The molecule has 0 bridgehead atoms. The number of benzene rings is 2. The molecule has 0 aliphatic carbocycles. The summed E-state index contributed by atoms with van der Waals surface area (Å²) in [6.45, 7) is 1.59. The summed E-state index contributed by atoms with van der Waals surface area (Å²) in [4.78, 5) is 24.4. The summed E-state index contributed by atoms with van der Waals surface area (Å²) in [5.74, 6) is 1.06. The van der Waals surface area contributed by atoms with Crippen molar-refractivity contribution < 1.29 is 28.5 Å². The van der Waals surface area contributed by atoms with Crippen molar-refractivity contribution in [1.29, 1.82) is 0 Å². The molecule has 1 aromatic heterocycles. The molecule has 1 aliphatic rings. The second kappa shape index (κ2) is 7.59. The van der Waals surface area contributed by atoms with Crippen LogP contribution < -0.4 is 14.2 Å². The monoisotopic (exact) mass is 407 g/mol. The number of carbonyl (C=O) groups is 2. The Hall–Kier alpha value is -3.74. The molecule has 7 heteroatoms. The summed E-state index contributed by atoms with van der Waals surface area (Å²) >= 11 is 0. The lowest BCUT2D eigenvalue weighted by atomic mass is 10.1. The smallest absolute Gasteiger partial charge is 0.346 e. The van der Waals surface area contributed by atoms with Crippen LogP contribution in [0.1, 0.15) is 22.8 Å². The van der Waals surface area contributed by atoms with Crippen molar-refractivity contribution in [3.63, 3.8) is 0 Å². The van der Waals surface area contributed by atoms with Crippen LogP contribution in [0.15, 0.2) is 48.4 Å². The highest BCUT2D eigenvalue weighted by Crippen LogP contribution is 2.36. The first kappa shape index (κ1) is 19.6. The highest BCUT2D eigenvalue weighted by molar-refractivity contribution is 6.15. The van der Waals surface area contributed by atoms with Crippen LogP contribution in [0.3, 0.4) is 0 Å². The Bertz CT molecular complexity index is 1190. The molecule has 2 aromatic carbocycles. The van der Waals surface area contributed by atoms with E-state index in [9.17, 15) is 9.59 Å². The van der Waals surface area contributed by atoms with Gasteiger partial charge in [-0.25, -0.2) is 4.79 Å². The Kier molecular flexibility index (Phi) is 4.95. The quantitative estimate of drug-likeness (QED) is 0.474. The van der Waals surface area contributed by atoms with Crippen molar-refractivity contribution in [3.8, 4) is 17.2 Å². The van der Waals surface area contributed by atoms with Crippen LogP contribution in [0, 0.1) is 0 Å². The first-order valence-electron chi connectivity index (χ1n) is 9.37. The molecule has 7 nitrogen and oxygen atoms in total. The number of aryl methyl sites for hydroxylation is 1. The lowest BCUT2D eigenvalue weighted by Gasteiger charge is -2.12. The maximum atomic E-state index is 12.8. The van der Waals surface area contributed by atoms with Crippen LogP contribution in [0.25, 0.3) is 17.0 Å². The van der Waals surface area contributed by atoms with Crippen LogP contribution in [0.2, 0.25) is 0 Å². The lowest BCUT2D eigenvalue weighted by molar-refractivity contribution is -0.147. The molecule has 3 aromatic rings. The van der Waals surface area contributed by atoms with Crippen molar-refractivity contribution in [1.82, 2.24) is 4.57 Å². The molecular weight excluding hydrogens is 386 g/mol. The third-order valence-electron chi connectivity index (χ3n) is 5.00. The van der Waals surface area contributed by atoms with Gasteiger partial charge in [0, 0.05) is 35.8 Å². The van der Waals surface area contributed by atoms with Gasteiger partial charge in [-0.05, 0) is 43.3 Å². The third kappa shape index (κ3) is 3.39. The number of ether oxygens (including phenoxy) is 4. The number of fused-ring (bicyclic) bond motifs is 2. The van der Waals surface area contributed by atoms with Crippen LogP contribution in [0.5, 0.6) is 17.2 Å². The molecule has 0 radical (unpaired) electrons. The van der Waals surface area contributed by atoms with Gasteiger partial charge in [-0.1, -0.05) is 0 Å². The van der Waals surface area contributed by atoms with Gasteiger partial charge in [0.1, 0.15) is 17.2 Å². The number of esters is 1. The first-order valence-corrected chi connectivity index (χ1v) is 9.37. The average molecular weight is 407 g/mol. The molecule has 30 heavy (non-hydrogen) atoms. The summed E-state index contributed by atoms with van der Waals surface area (Å²) in [7, 11) is 4.85. The highest BCUT2D eigenvalue weighted by atomic mass is 16.6. The van der Waals surface area contributed by atoms with Gasteiger partial charge in [0.15, 0.2) is 11.9 Å². The Morgan fingerprint density at radius 1 is 1.13 bits per heavy atom. The molecule has 0 saturated heterocycles. The number of methoxy groups -OCH3 is 2. The van der Waals surface area contributed by atoms with Gasteiger partial charge in [-0.15, -0.1) is 0 Å². The number of ketones is 1. The number of carbonyl (C=O) groups excluding carboxylic acids is 2. The van der Waals surface area contributed by atoms with E-state index in [-0.39, 0.29) is 11.5 Å². The number of rotatable bonds is 5. The minimum atomic E-state index is -0.772. The number of hydrogen-bond donors (Lipinski definition) is 0. The van der Waals surface area contributed by atoms with E-state index in [2.05, 4.69) is 4.74 Å². The molecule has 2 heterocycles. The molecule has 1 atom stereocenters. The minimum Gasteiger partial charge on any atom is -0.497 e. The van der Waals surface area contributed by atoms with E-state index in [1.54, 1.807) is 38.3 Å². The van der Waals surface area contributed by atoms with Crippen LogP contribution in [-0.4, -0.2) is 36.6 Å². The van der Waals surface area contributed by atoms with Crippen molar-refractivity contribution >= 4 is 28.7 Å². The van der Waals surface area contributed by atoms with Crippen molar-refractivity contribution in [2.45, 2.75) is 13.0 Å². The number of allylic oxidation sites excluding steroid dienone is 1. The molecule has 1 unspecified atom stereocenters.